The second kappa shape index (κ2) is 8.47. The van der Waals surface area contributed by atoms with Crippen molar-refractivity contribution in [2.24, 2.45) is 0 Å². The fourth-order valence-corrected chi connectivity index (χ4v) is 3.36. The number of rotatable bonds is 5. The minimum absolute atomic E-state index is 0. The van der Waals surface area contributed by atoms with E-state index >= 15 is 0 Å². The molecule has 0 spiro atoms. The van der Waals surface area contributed by atoms with Crippen LogP contribution in [0, 0.1) is 0 Å². The molecule has 0 fully saturated rings. The average Bonchev–Trinajstić information content (AvgIpc) is 2.67. The normalized spacial score (nSPS) is 10.6. The van der Waals surface area contributed by atoms with Gasteiger partial charge in [0.2, 0.25) is 0 Å². The summed E-state index contributed by atoms with van der Waals surface area (Å²) in [5, 5.41) is 6.41. The summed E-state index contributed by atoms with van der Waals surface area (Å²) in [6, 6.07) is 22.2. The van der Waals surface area contributed by atoms with Crippen LogP contribution >= 0.6 is 24.0 Å². The average molecular weight is 399 g/mol. The monoisotopic (exact) mass is 398 g/mol. The van der Waals surface area contributed by atoms with Crippen LogP contribution in [0.25, 0.3) is 21.8 Å². The molecule has 0 amide bonds. The predicted octanol–water partition coefficient (Wildman–Crippen LogP) is 6.13. The Morgan fingerprint density at radius 3 is 2.52 bits per heavy atom. The van der Waals surface area contributed by atoms with Crippen LogP contribution in [0.2, 0.25) is 5.02 Å². The van der Waals surface area contributed by atoms with E-state index in [1.165, 1.54) is 5.56 Å². The van der Waals surface area contributed by atoms with Gasteiger partial charge in [-0.25, -0.2) is 4.98 Å². The standard InChI is InChI=1S/C22H19ClN2O.ClH/c1-26-17-8-10-20-19(14-17)22(18-9-7-16(23)13-21(18)25-20)24-12-11-15-5-3-2-4-6-15;/h2-10,13-14H,11-12H2,1H3,(H,24,25);1H. The minimum Gasteiger partial charge on any atom is -0.497 e. The molecule has 0 aliphatic carbocycles. The van der Waals surface area contributed by atoms with Gasteiger partial charge in [0.25, 0.3) is 0 Å². The van der Waals surface area contributed by atoms with Gasteiger partial charge < -0.3 is 10.1 Å². The van der Waals surface area contributed by atoms with Crippen LogP contribution in [-0.4, -0.2) is 18.6 Å². The summed E-state index contributed by atoms with van der Waals surface area (Å²) >= 11 is 6.17. The molecular weight excluding hydrogens is 379 g/mol. The van der Waals surface area contributed by atoms with Gasteiger partial charge in [-0.1, -0.05) is 41.9 Å². The number of halogens is 2. The molecule has 0 aliphatic rings. The molecule has 1 N–H and O–H groups in total. The molecule has 0 saturated carbocycles. The number of fused-ring (bicyclic) bond motifs is 2. The molecule has 3 aromatic carbocycles. The quantitative estimate of drug-likeness (QED) is 0.410. The number of hydrogen-bond donors (Lipinski definition) is 1. The van der Waals surface area contributed by atoms with E-state index in [0.29, 0.717) is 5.02 Å². The first-order chi connectivity index (χ1) is 12.7. The Morgan fingerprint density at radius 1 is 0.926 bits per heavy atom. The highest BCUT2D eigenvalue weighted by atomic mass is 35.5. The fourth-order valence-electron chi connectivity index (χ4n) is 3.19. The highest BCUT2D eigenvalue weighted by Gasteiger charge is 2.10. The van der Waals surface area contributed by atoms with E-state index in [9.17, 15) is 0 Å². The van der Waals surface area contributed by atoms with Gasteiger partial charge >= 0.3 is 0 Å². The Labute approximate surface area is 169 Å². The number of aromatic nitrogens is 1. The van der Waals surface area contributed by atoms with Crippen molar-refractivity contribution in [1.82, 2.24) is 4.98 Å². The van der Waals surface area contributed by atoms with E-state index in [1.807, 2.05) is 42.5 Å². The number of methoxy groups -OCH3 is 1. The third-order valence-corrected chi connectivity index (χ3v) is 4.74. The number of hydrogen-bond acceptors (Lipinski definition) is 3. The molecule has 0 unspecified atom stereocenters. The molecule has 5 heteroatoms. The van der Waals surface area contributed by atoms with Gasteiger partial charge in [0.1, 0.15) is 5.75 Å². The number of nitrogens with zero attached hydrogens (tertiary/aromatic N) is 1. The SMILES string of the molecule is COc1ccc2nc3cc(Cl)ccc3c(NCCc3ccccc3)c2c1.Cl. The summed E-state index contributed by atoms with van der Waals surface area (Å²) in [5.74, 6) is 0.818. The zero-order chi connectivity index (χ0) is 17.9. The topological polar surface area (TPSA) is 34.1 Å². The van der Waals surface area contributed by atoms with Gasteiger partial charge in [-0.05, 0) is 48.4 Å². The molecule has 0 bridgehead atoms. The zero-order valence-electron chi connectivity index (χ0n) is 14.9. The second-order valence-corrected chi connectivity index (χ2v) is 6.63. The van der Waals surface area contributed by atoms with Gasteiger partial charge in [-0.15, -0.1) is 12.4 Å². The highest BCUT2D eigenvalue weighted by Crippen LogP contribution is 2.34. The zero-order valence-corrected chi connectivity index (χ0v) is 16.5. The van der Waals surface area contributed by atoms with E-state index in [1.54, 1.807) is 7.11 Å². The fraction of sp³-hybridized carbons (Fsp3) is 0.136. The van der Waals surface area contributed by atoms with Crippen LogP contribution in [-0.2, 0) is 6.42 Å². The van der Waals surface area contributed by atoms with Gasteiger partial charge in [0, 0.05) is 22.3 Å². The second-order valence-electron chi connectivity index (χ2n) is 6.19. The van der Waals surface area contributed by atoms with Gasteiger partial charge in [0.05, 0.1) is 23.8 Å². The molecule has 4 aromatic rings. The number of pyridine rings is 1. The Kier molecular flexibility index (Phi) is 6.04. The molecule has 138 valence electrons. The maximum Gasteiger partial charge on any atom is 0.119 e. The molecule has 1 heterocycles. The smallest absolute Gasteiger partial charge is 0.119 e. The Hall–Kier alpha value is -2.49. The van der Waals surface area contributed by atoms with E-state index in [-0.39, 0.29) is 12.4 Å². The third-order valence-electron chi connectivity index (χ3n) is 4.50. The number of ether oxygens (including phenoxy) is 1. The molecule has 1 aromatic heterocycles. The summed E-state index contributed by atoms with van der Waals surface area (Å²) in [6.45, 7) is 0.831. The van der Waals surface area contributed by atoms with Crippen LogP contribution < -0.4 is 10.1 Å². The summed E-state index contributed by atoms with van der Waals surface area (Å²) in [6.07, 6.45) is 0.948. The molecule has 3 nitrogen and oxygen atoms in total. The van der Waals surface area contributed by atoms with Crippen LogP contribution in [0.15, 0.2) is 66.7 Å². The first kappa shape index (κ1) is 19.3. The van der Waals surface area contributed by atoms with Crippen LogP contribution in [0.5, 0.6) is 5.75 Å². The maximum absolute atomic E-state index is 6.17. The lowest BCUT2D eigenvalue weighted by molar-refractivity contribution is 0.415. The van der Waals surface area contributed by atoms with Crippen LogP contribution in [0.4, 0.5) is 5.69 Å². The van der Waals surface area contributed by atoms with Crippen molar-refractivity contribution in [3.8, 4) is 5.75 Å². The Bertz CT molecular complexity index is 1070. The molecule has 27 heavy (non-hydrogen) atoms. The number of benzene rings is 3. The third kappa shape index (κ3) is 4.10. The molecule has 0 saturated heterocycles. The van der Waals surface area contributed by atoms with Crippen molar-refractivity contribution in [2.45, 2.75) is 6.42 Å². The van der Waals surface area contributed by atoms with Crippen molar-refractivity contribution in [3.05, 3.63) is 77.3 Å². The van der Waals surface area contributed by atoms with E-state index in [4.69, 9.17) is 21.3 Å². The summed E-state index contributed by atoms with van der Waals surface area (Å²) in [4.78, 5) is 4.76. The molecule has 0 aliphatic heterocycles. The molecule has 4 rings (SSSR count). The first-order valence-corrected chi connectivity index (χ1v) is 8.97. The number of nitrogens with one attached hydrogen (secondary N) is 1. The lowest BCUT2D eigenvalue weighted by atomic mass is 10.1. The summed E-state index contributed by atoms with van der Waals surface area (Å²) in [5.41, 5.74) is 4.18. The number of anilines is 1. The van der Waals surface area contributed by atoms with E-state index in [2.05, 4.69) is 29.6 Å². The predicted molar refractivity (Wildman–Crippen MR) is 117 cm³/mol. The van der Waals surface area contributed by atoms with E-state index < -0.39 is 0 Å². The lowest BCUT2D eigenvalue weighted by Crippen LogP contribution is -2.06. The molecule has 0 atom stereocenters. The van der Waals surface area contributed by atoms with Crippen molar-refractivity contribution in [2.75, 3.05) is 19.0 Å². The maximum atomic E-state index is 6.17. The molecule has 0 radical (unpaired) electrons. The van der Waals surface area contributed by atoms with Crippen molar-refractivity contribution < 1.29 is 4.74 Å². The van der Waals surface area contributed by atoms with Crippen molar-refractivity contribution in [1.29, 1.82) is 0 Å². The lowest BCUT2D eigenvalue weighted by Gasteiger charge is -2.14. The summed E-state index contributed by atoms with van der Waals surface area (Å²) < 4.78 is 5.41. The Morgan fingerprint density at radius 2 is 1.74 bits per heavy atom. The Balaban J connectivity index is 0.00000210. The van der Waals surface area contributed by atoms with Crippen molar-refractivity contribution in [3.63, 3.8) is 0 Å². The van der Waals surface area contributed by atoms with Gasteiger partial charge in [-0.3, -0.25) is 0 Å². The van der Waals surface area contributed by atoms with E-state index in [0.717, 1.165) is 46.2 Å². The first-order valence-electron chi connectivity index (χ1n) is 8.59. The highest BCUT2D eigenvalue weighted by molar-refractivity contribution is 6.31. The largest absolute Gasteiger partial charge is 0.497 e. The van der Waals surface area contributed by atoms with Gasteiger partial charge in [0.15, 0.2) is 0 Å². The van der Waals surface area contributed by atoms with Crippen LogP contribution in [0.1, 0.15) is 5.56 Å². The molecular formula is C22H20Cl2N2O. The van der Waals surface area contributed by atoms with Crippen molar-refractivity contribution >= 4 is 51.5 Å². The van der Waals surface area contributed by atoms with Gasteiger partial charge in [-0.2, -0.15) is 0 Å². The van der Waals surface area contributed by atoms with Crippen LogP contribution in [0.3, 0.4) is 0 Å². The minimum atomic E-state index is 0. The summed E-state index contributed by atoms with van der Waals surface area (Å²) in [7, 11) is 1.68.